The van der Waals surface area contributed by atoms with E-state index in [1.807, 2.05) is 0 Å². The van der Waals surface area contributed by atoms with Gasteiger partial charge >= 0.3 is 5.97 Å². The number of aromatic nitrogens is 1. The van der Waals surface area contributed by atoms with E-state index >= 15 is 0 Å². The second-order valence-electron chi connectivity index (χ2n) is 4.93. The average molecular weight is 309 g/mol. The largest absolute Gasteiger partial charge is 0.491 e. The van der Waals surface area contributed by atoms with Crippen molar-refractivity contribution in [2.75, 3.05) is 20.3 Å². The second-order valence-corrected chi connectivity index (χ2v) is 4.93. The van der Waals surface area contributed by atoms with E-state index in [0.717, 1.165) is 12.8 Å². The lowest BCUT2D eigenvalue weighted by molar-refractivity contribution is 0.0680. The molecule has 6 heteroatoms. The average Bonchev–Trinajstić information content (AvgIpc) is 2.77. The normalized spacial score (nSPS) is 11.0. The fraction of sp³-hybridized carbons (Fsp3) is 0.438. The van der Waals surface area contributed by atoms with E-state index < -0.39 is 11.8 Å². The van der Waals surface area contributed by atoms with Crippen molar-refractivity contribution in [1.82, 2.24) is 4.57 Å². The summed E-state index contributed by atoms with van der Waals surface area (Å²) < 4.78 is 25.7. The summed E-state index contributed by atoms with van der Waals surface area (Å²) in [6.45, 7) is 3.21. The van der Waals surface area contributed by atoms with Crippen molar-refractivity contribution in [3.8, 4) is 5.75 Å². The molecule has 1 heterocycles. The lowest BCUT2D eigenvalue weighted by Crippen LogP contribution is -2.11. The minimum Gasteiger partial charge on any atom is -0.491 e. The highest BCUT2D eigenvalue weighted by Gasteiger charge is 2.23. The first-order chi connectivity index (χ1) is 10.6. The second kappa shape index (κ2) is 7.26. The molecule has 0 spiro atoms. The number of halogens is 1. The van der Waals surface area contributed by atoms with Crippen molar-refractivity contribution < 1.29 is 23.8 Å². The molecule has 0 fully saturated rings. The van der Waals surface area contributed by atoms with Crippen LogP contribution in [0.15, 0.2) is 18.2 Å². The van der Waals surface area contributed by atoms with Crippen LogP contribution in [0.1, 0.15) is 30.3 Å². The summed E-state index contributed by atoms with van der Waals surface area (Å²) in [7, 11) is 1.62. The standard InChI is InChI=1S/C16H20FNO4/c1-3-22-15-12-7-6-11(17)10-13(12)18(14(15)16(19)20)8-4-5-9-21-2/h6-7,10H,3-5,8-9H2,1-2H3,(H,19,20). The minimum atomic E-state index is -1.08. The molecule has 1 N–H and O–H groups in total. The first kappa shape index (κ1) is 16.3. The summed E-state index contributed by atoms with van der Waals surface area (Å²) in [5.41, 5.74) is 0.609. The van der Waals surface area contributed by atoms with Crippen LogP contribution in [0, 0.1) is 5.82 Å². The number of benzene rings is 1. The van der Waals surface area contributed by atoms with Crippen LogP contribution in [0.3, 0.4) is 0 Å². The molecule has 0 amide bonds. The summed E-state index contributed by atoms with van der Waals surface area (Å²) in [6.07, 6.45) is 1.54. The van der Waals surface area contributed by atoms with Crippen molar-refractivity contribution in [3.05, 3.63) is 29.7 Å². The van der Waals surface area contributed by atoms with Gasteiger partial charge in [0.1, 0.15) is 5.82 Å². The number of unbranched alkanes of at least 4 members (excludes halogenated alkanes) is 1. The predicted molar refractivity (Wildman–Crippen MR) is 81.1 cm³/mol. The Hall–Kier alpha value is -2.08. The van der Waals surface area contributed by atoms with E-state index in [4.69, 9.17) is 9.47 Å². The summed E-state index contributed by atoms with van der Waals surface area (Å²) in [6, 6.07) is 4.22. The zero-order valence-electron chi connectivity index (χ0n) is 12.8. The highest BCUT2D eigenvalue weighted by molar-refractivity contribution is 6.01. The van der Waals surface area contributed by atoms with Gasteiger partial charge in [0.25, 0.3) is 0 Å². The number of carbonyl (C=O) groups is 1. The number of methoxy groups -OCH3 is 1. The van der Waals surface area contributed by atoms with Crippen LogP contribution in [0.2, 0.25) is 0 Å². The van der Waals surface area contributed by atoms with E-state index in [9.17, 15) is 14.3 Å². The molecule has 5 nitrogen and oxygen atoms in total. The Bertz CT molecular complexity index is 666. The molecule has 0 saturated carbocycles. The van der Waals surface area contributed by atoms with Gasteiger partial charge in [-0.05, 0) is 38.0 Å². The zero-order valence-corrected chi connectivity index (χ0v) is 12.8. The molecular formula is C16H20FNO4. The molecular weight excluding hydrogens is 289 g/mol. The highest BCUT2D eigenvalue weighted by atomic mass is 19.1. The molecule has 1 aromatic carbocycles. The van der Waals surface area contributed by atoms with Gasteiger partial charge in [-0.2, -0.15) is 0 Å². The topological polar surface area (TPSA) is 60.7 Å². The Morgan fingerprint density at radius 1 is 1.36 bits per heavy atom. The number of carboxylic acids is 1. The third-order valence-corrected chi connectivity index (χ3v) is 3.45. The van der Waals surface area contributed by atoms with Gasteiger partial charge in [-0.1, -0.05) is 0 Å². The number of nitrogens with zero attached hydrogens (tertiary/aromatic N) is 1. The lowest BCUT2D eigenvalue weighted by atomic mass is 10.2. The zero-order chi connectivity index (χ0) is 16.1. The first-order valence-corrected chi connectivity index (χ1v) is 7.27. The molecule has 22 heavy (non-hydrogen) atoms. The van der Waals surface area contributed by atoms with E-state index in [0.29, 0.717) is 36.4 Å². The van der Waals surface area contributed by atoms with Gasteiger partial charge in [-0.3, -0.25) is 0 Å². The lowest BCUT2D eigenvalue weighted by Gasteiger charge is -2.09. The van der Waals surface area contributed by atoms with Crippen LogP contribution in [0.5, 0.6) is 5.75 Å². The number of hydrogen-bond donors (Lipinski definition) is 1. The summed E-state index contributed by atoms with van der Waals surface area (Å²) in [4.78, 5) is 11.6. The van der Waals surface area contributed by atoms with Crippen LogP contribution in [0.25, 0.3) is 10.9 Å². The van der Waals surface area contributed by atoms with Crippen LogP contribution in [-0.2, 0) is 11.3 Å². The molecule has 0 bridgehead atoms. The maximum atomic E-state index is 13.6. The molecule has 0 aliphatic carbocycles. The first-order valence-electron chi connectivity index (χ1n) is 7.27. The number of fused-ring (bicyclic) bond motifs is 1. The summed E-state index contributed by atoms with van der Waals surface area (Å²) in [5, 5.41) is 10.1. The smallest absolute Gasteiger partial charge is 0.356 e. The molecule has 2 rings (SSSR count). The SMILES string of the molecule is CCOc1c(C(=O)O)n(CCCCOC)c2cc(F)ccc12. The molecule has 0 aliphatic heterocycles. The molecule has 1 aromatic heterocycles. The number of aryl methyl sites for hydroxylation is 1. The number of rotatable bonds is 8. The molecule has 0 unspecified atom stereocenters. The van der Waals surface area contributed by atoms with Gasteiger partial charge in [0.05, 0.1) is 12.1 Å². The molecule has 0 radical (unpaired) electrons. The van der Waals surface area contributed by atoms with Crippen molar-refractivity contribution >= 4 is 16.9 Å². The fourth-order valence-corrected chi connectivity index (χ4v) is 2.54. The van der Waals surface area contributed by atoms with Crippen molar-refractivity contribution in [2.24, 2.45) is 0 Å². The monoisotopic (exact) mass is 309 g/mol. The van der Waals surface area contributed by atoms with Crippen molar-refractivity contribution in [3.63, 3.8) is 0 Å². The van der Waals surface area contributed by atoms with Gasteiger partial charge in [-0.15, -0.1) is 0 Å². The summed E-state index contributed by atoms with van der Waals surface area (Å²) >= 11 is 0. The Kier molecular flexibility index (Phi) is 5.38. The van der Waals surface area contributed by atoms with E-state index in [-0.39, 0.29) is 5.69 Å². The Balaban J connectivity index is 2.51. The van der Waals surface area contributed by atoms with E-state index in [1.54, 1.807) is 24.7 Å². The van der Waals surface area contributed by atoms with Crippen molar-refractivity contribution in [1.29, 1.82) is 0 Å². The molecule has 2 aromatic rings. The third kappa shape index (κ3) is 3.22. The maximum absolute atomic E-state index is 13.6. The quantitative estimate of drug-likeness (QED) is 0.760. The van der Waals surface area contributed by atoms with Crippen molar-refractivity contribution in [2.45, 2.75) is 26.3 Å². The fourth-order valence-electron chi connectivity index (χ4n) is 2.54. The minimum absolute atomic E-state index is 0.0693. The summed E-state index contributed by atoms with van der Waals surface area (Å²) in [5.74, 6) is -1.17. The van der Waals surface area contributed by atoms with E-state index in [1.165, 1.54) is 12.1 Å². The Labute approximate surface area is 128 Å². The van der Waals surface area contributed by atoms with Gasteiger partial charge in [0.15, 0.2) is 11.4 Å². The molecule has 120 valence electrons. The van der Waals surface area contributed by atoms with Crippen LogP contribution in [-0.4, -0.2) is 36.0 Å². The molecule has 0 aliphatic rings. The number of carboxylic acid groups (broad SMARTS) is 1. The number of hydrogen-bond acceptors (Lipinski definition) is 3. The van der Waals surface area contributed by atoms with Gasteiger partial charge in [0, 0.05) is 25.6 Å². The van der Waals surface area contributed by atoms with Gasteiger partial charge in [0.2, 0.25) is 0 Å². The number of ether oxygens (including phenoxy) is 2. The van der Waals surface area contributed by atoms with Gasteiger partial charge < -0.3 is 19.1 Å². The molecule has 0 saturated heterocycles. The Morgan fingerprint density at radius 3 is 2.77 bits per heavy atom. The number of aromatic carboxylic acids is 1. The Morgan fingerprint density at radius 2 is 2.14 bits per heavy atom. The predicted octanol–water partition coefficient (Wildman–Crippen LogP) is 3.30. The van der Waals surface area contributed by atoms with Gasteiger partial charge in [-0.25, -0.2) is 9.18 Å². The van der Waals surface area contributed by atoms with Crippen LogP contribution >= 0.6 is 0 Å². The molecule has 0 atom stereocenters. The van der Waals surface area contributed by atoms with E-state index in [2.05, 4.69) is 0 Å². The van der Waals surface area contributed by atoms with Crippen LogP contribution in [0.4, 0.5) is 4.39 Å². The third-order valence-electron chi connectivity index (χ3n) is 3.45. The highest BCUT2D eigenvalue weighted by Crippen LogP contribution is 2.34. The maximum Gasteiger partial charge on any atom is 0.356 e. The van der Waals surface area contributed by atoms with Crippen LogP contribution < -0.4 is 4.74 Å².